The van der Waals surface area contributed by atoms with Gasteiger partial charge in [0.2, 0.25) is 21.8 Å². The molecule has 1 atom stereocenters. The van der Waals surface area contributed by atoms with Gasteiger partial charge in [0, 0.05) is 24.2 Å². The molecule has 2 aromatic rings. The Balaban J connectivity index is 1.95. The molecule has 0 saturated heterocycles. The van der Waals surface area contributed by atoms with Gasteiger partial charge in [-0.05, 0) is 36.1 Å². The fourth-order valence-electron chi connectivity index (χ4n) is 3.95. The van der Waals surface area contributed by atoms with Gasteiger partial charge in [-0.25, -0.2) is 8.42 Å². The molecule has 0 radical (unpaired) electrons. The van der Waals surface area contributed by atoms with Crippen LogP contribution in [-0.2, 0) is 26.2 Å². The van der Waals surface area contributed by atoms with Crippen LogP contribution in [0.1, 0.15) is 32.8 Å². The Morgan fingerprint density at radius 2 is 1.76 bits per heavy atom. The van der Waals surface area contributed by atoms with Crippen molar-refractivity contribution in [2.75, 3.05) is 36.9 Å². The van der Waals surface area contributed by atoms with Gasteiger partial charge >= 0.3 is 0 Å². The quantitative estimate of drug-likeness (QED) is 0.458. The third-order valence-corrected chi connectivity index (χ3v) is 7.37. The number of benzene rings is 2. The van der Waals surface area contributed by atoms with Crippen molar-refractivity contribution in [2.24, 2.45) is 5.92 Å². The highest BCUT2D eigenvalue weighted by molar-refractivity contribution is 7.92. The van der Waals surface area contributed by atoms with Crippen LogP contribution in [0.5, 0.6) is 11.5 Å². The van der Waals surface area contributed by atoms with Crippen molar-refractivity contribution in [3.63, 3.8) is 0 Å². The maximum atomic E-state index is 13.8. The van der Waals surface area contributed by atoms with E-state index >= 15 is 0 Å². The van der Waals surface area contributed by atoms with Crippen molar-refractivity contribution < 1.29 is 27.5 Å². The Labute approximate surface area is 223 Å². The first-order valence-electron chi connectivity index (χ1n) is 12.2. The topological polar surface area (TPSA) is 105 Å². The number of hydrogen-bond acceptors (Lipinski definition) is 6. The van der Waals surface area contributed by atoms with Gasteiger partial charge in [-0.15, -0.1) is 0 Å². The van der Waals surface area contributed by atoms with Crippen LogP contribution in [0.2, 0.25) is 5.02 Å². The van der Waals surface area contributed by atoms with E-state index in [0.29, 0.717) is 48.3 Å². The molecule has 1 aliphatic rings. The number of carbonyl (C=O) groups excluding carboxylic acids is 2. The van der Waals surface area contributed by atoms with Crippen LogP contribution in [0.25, 0.3) is 0 Å². The number of ether oxygens (including phenoxy) is 2. The highest BCUT2D eigenvalue weighted by atomic mass is 35.5. The van der Waals surface area contributed by atoms with Crippen LogP contribution in [-0.4, -0.2) is 63.7 Å². The van der Waals surface area contributed by atoms with Crippen molar-refractivity contribution in [1.82, 2.24) is 10.2 Å². The summed E-state index contributed by atoms with van der Waals surface area (Å²) in [5, 5.41) is 3.34. The Bertz CT molecular complexity index is 1220. The predicted octanol–water partition coefficient (Wildman–Crippen LogP) is 3.46. The monoisotopic (exact) mass is 551 g/mol. The van der Waals surface area contributed by atoms with Gasteiger partial charge in [-0.3, -0.25) is 13.9 Å². The molecule has 0 aromatic heterocycles. The molecule has 202 valence electrons. The van der Waals surface area contributed by atoms with E-state index in [1.807, 2.05) is 20.8 Å². The van der Waals surface area contributed by atoms with Gasteiger partial charge in [0.1, 0.15) is 25.8 Å². The summed E-state index contributed by atoms with van der Waals surface area (Å²) in [6.07, 6.45) is 1.37. The second-order valence-electron chi connectivity index (χ2n) is 9.27. The number of halogens is 1. The first-order valence-corrected chi connectivity index (χ1v) is 14.4. The highest BCUT2D eigenvalue weighted by Gasteiger charge is 2.32. The molecule has 0 bridgehead atoms. The Kier molecular flexibility index (Phi) is 9.67. The summed E-state index contributed by atoms with van der Waals surface area (Å²) in [4.78, 5) is 28.3. The number of nitrogens with zero attached hydrogens (tertiary/aromatic N) is 2. The fraction of sp³-hybridized carbons (Fsp3) is 0.462. The molecule has 0 fully saturated rings. The average molecular weight is 552 g/mol. The molecular formula is C26H34ClN3O6S. The van der Waals surface area contributed by atoms with E-state index in [4.69, 9.17) is 21.1 Å². The van der Waals surface area contributed by atoms with Crippen LogP contribution in [0.4, 0.5) is 5.69 Å². The first kappa shape index (κ1) is 28.6. The summed E-state index contributed by atoms with van der Waals surface area (Å²) >= 11 is 6.37. The van der Waals surface area contributed by atoms with Crippen molar-refractivity contribution in [3.05, 3.63) is 53.1 Å². The lowest BCUT2D eigenvalue weighted by Gasteiger charge is -2.33. The van der Waals surface area contributed by atoms with Crippen LogP contribution in [0.3, 0.4) is 0 Å². The van der Waals surface area contributed by atoms with E-state index in [2.05, 4.69) is 5.32 Å². The second-order valence-corrected chi connectivity index (χ2v) is 11.6. The Morgan fingerprint density at radius 1 is 1.08 bits per heavy atom. The molecule has 9 nitrogen and oxygen atoms in total. The number of nitrogens with one attached hydrogen (secondary N) is 1. The third-order valence-electron chi connectivity index (χ3n) is 5.86. The lowest BCUT2D eigenvalue weighted by molar-refractivity contribution is -0.140. The van der Waals surface area contributed by atoms with Gasteiger partial charge in [-0.1, -0.05) is 50.6 Å². The summed E-state index contributed by atoms with van der Waals surface area (Å²) in [6, 6.07) is 10.9. The smallest absolute Gasteiger partial charge is 0.244 e. The fourth-order valence-corrected chi connectivity index (χ4v) is 4.99. The minimum absolute atomic E-state index is 0.0465. The van der Waals surface area contributed by atoms with E-state index in [1.54, 1.807) is 36.4 Å². The molecule has 3 rings (SSSR count). The van der Waals surface area contributed by atoms with Gasteiger partial charge in [0.05, 0.1) is 11.9 Å². The number of anilines is 1. The number of carbonyl (C=O) groups is 2. The molecule has 0 aliphatic carbocycles. The Morgan fingerprint density at radius 3 is 2.38 bits per heavy atom. The van der Waals surface area contributed by atoms with Crippen molar-refractivity contribution in [3.8, 4) is 11.5 Å². The zero-order chi connectivity index (χ0) is 27.2. The lowest BCUT2D eigenvalue weighted by Crippen LogP contribution is -2.52. The van der Waals surface area contributed by atoms with Crippen molar-refractivity contribution in [1.29, 1.82) is 0 Å². The largest absolute Gasteiger partial charge is 0.486 e. The molecule has 1 aliphatic heterocycles. The number of fused-ring (bicyclic) bond motifs is 1. The molecular weight excluding hydrogens is 518 g/mol. The minimum atomic E-state index is -3.87. The molecule has 1 unspecified atom stereocenters. The summed E-state index contributed by atoms with van der Waals surface area (Å²) < 4.78 is 37.7. The summed E-state index contributed by atoms with van der Waals surface area (Å²) in [7, 11) is -3.87. The normalized spacial score (nSPS) is 13.7. The molecule has 0 spiro atoms. The number of amides is 2. The van der Waals surface area contributed by atoms with Crippen LogP contribution < -0.4 is 19.1 Å². The average Bonchev–Trinajstić information content (AvgIpc) is 2.85. The second kappa shape index (κ2) is 12.5. The van der Waals surface area contributed by atoms with Crippen LogP contribution in [0, 0.1) is 5.92 Å². The number of sulfonamides is 1. The van der Waals surface area contributed by atoms with Gasteiger partial charge in [0.25, 0.3) is 0 Å². The molecule has 0 saturated carbocycles. The number of hydrogen-bond donors (Lipinski definition) is 1. The summed E-state index contributed by atoms with van der Waals surface area (Å²) in [5.74, 6) is 0.291. The summed E-state index contributed by atoms with van der Waals surface area (Å²) in [6.45, 7) is 6.49. The molecule has 37 heavy (non-hydrogen) atoms. The predicted molar refractivity (Wildman–Crippen MR) is 144 cm³/mol. The molecule has 2 aromatic carbocycles. The molecule has 11 heteroatoms. The Hall–Kier alpha value is -2.98. The zero-order valence-corrected chi connectivity index (χ0v) is 23.1. The molecule has 2 amide bonds. The number of rotatable bonds is 11. The summed E-state index contributed by atoms with van der Waals surface area (Å²) in [5.41, 5.74) is 0.910. The van der Waals surface area contributed by atoms with Gasteiger partial charge in [-0.2, -0.15) is 0 Å². The van der Waals surface area contributed by atoms with Crippen LogP contribution >= 0.6 is 11.6 Å². The third kappa shape index (κ3) is 7.52. The van der Waals surface area contributed by atoms with Crippen molar-refractivity contribution in [2.45, 2.75) is 39.8 Å². The molecule has 1 heterocycles. The SMILES string of the molecule is CCC(C(=O)NCC(C)C)N(Cc1ccccc1Cl)C(=O)CN(c1ccc2c(c1)OCCO2)S(C)(=O)=O. The standard InChI is InChI=1S/C26H34ClN3O6S/c1-5-22(26(32)28-15-18(2)3)29(16-19-8-6-7-9-21(19)27)25(31)17-30(37(4,33)34)20-10-11-23-24(14-20)36-13-12-35-23/h6-11,14,18,22H,5,12-13,15-17H2,1-4H3,(H,28,32). The maximum absolute atomic E-state index is 13.8. The maximum Gasteiger partial charge on any atom is 0.244 e. The van der Waals surface area contributed by atoms with E-state index in [-0.39, 0.29) is 24.1 Å². The van der Waals surface area contributed by atoms with Gasteiger partial charge < -0.3 is 19.7 Å². The van der Waals surface area contributed by atoms with Crippen LogP contribution in [0.15, 0.2) is 42.5 Å². The van der Waals surface area contributed by atoms with Gasteiger partial charge in [0.15, 0.2) is 11.5 Å². The van der Waals surface area contributed by atoms with E-state index < -0.39 is 28.5 Å². The lowest BCUT2D eigenvalue weighted by atomic mass is 10.1. The van der Waals surface area contributed by atoms with E-state index in [0.717, 1.165) is 10.6 Å². The van der Waals surface area contributed by atoms with E-state index in [9.17, 15) is 18.0 Å². The highest BCUT2D eigenvalue weighted by Crippen LogP contribution is 2.34. The van der Waals surface area contributed by atoms with E-state index in [1.165, 1.54) is 11.0 Å². The molecule has 1 N–H and O–H groups in total. The minimum Gasteiger partial charge on any atom is -0.486 e. The zero-order valence-electron chi connectivity index (χ0n) is 21.6. The van der Waals surface area contributed by atoms with Crippen molar-refractivity contribution >= 4 is 39.1 Å². The first-order chi connectivity index (χ1) is 17.5.